The van der Waals surface area contributed by atoms with Crippen LogP contribution in [0.1, 0.15) is 30.1 Å². The van der Waals surface area contributed by atoms with E-state index in [4.69, 9.17) is 4.74 Å². The second-order valence-corrected chi connectivity index (χ2v) is 4.41. The highest BCUT2D eigenvalue weighted by molar-refractivity contribution is 5.94. The van der Waals surface area contributed by atoms with E-state index in [2.05, 4.69) is 20.5 Å². The number of carbonyl (C=O) groups excluding carboxylic acids is 2. The van der Waals surface area contributed by atoms with Crippen LogP contribution in [0.5, 0.6) is 5.75 Å². The number of aromatic nitrogens is 3. The maximum atomic E-state index is 11.5. The third kappa shape index (κ3) is 4.72. The highest BCUT2D eigenvalue weighted by Gasteiger charge is 2.04. The Morgan fingerprint density at radius 1 is 1.29 bits per heavy atom. The predicted octanol–water partition coefficient (Wildman–Crippen LogP) is 1.80. The number of benzene rings is 1. The van der Waals surface area contributed by atoms with Gasteiger partial charge in [0.25, 0.3) is 0 Å². The lowest BCUT2D eigenvalue weighted by atomic mass is 10.1. The van der Waals surface area contributed by atoms with E-state index in [0.29, 0.717) is 36.7 Å². The highest BCUT2D eigenvalue weighted by atomic mass is 16.5. The molecule has 0 fully saturated rings. The Kier molecular flexibility index (Phi) is 5.03. The molecule has 7 heteroatoms. The van der Waals surface area contributed by atoms with Crippen LogP contribution < -0.4 is 10.1 Å². The molecule has 1 aromatic heterocycles. The van der Waals surface area contributed by atoms with Crippen LogP contribution in [0.2, 0.25) is 0 Å². The van der Waals surface area contributed by atoms with Gasteiger partial charge in [0.15, 0.2) is 5.78 Å². The van der Waals surface area contributed by atoms with E-state index < -0.39 is 0 Å². The molecule has 110 valence electrons. The van der Waals surface area contributed by atoms with Gasteiger partial charge >= 0.3 is 0 Å². The van der Waals surface area contributed by atoms with Crippen LogP contribution in [0.25, 0.3) is 0 Å². The summed E-state index contributed by atoms with van der Waals surface area (Å²) in [5.41, 5.74) is 0.647. The van der Waals surface area contributed by atoms with Gasteiger partial charge in [0.2, 0.25) is 11.9 Å². The molecule has 0 unspecified atom stereocenters. The fraction of sp³-hybridized carbons (Fsp3) is 0.286. The zero-order chi connectivity index (χ0) is 15.1. The van der Waals surface area contributed by atoms with Crippen molar-refractivity contribution in [3.63, 3.8) is 0 Å². The lowest BCUT2D eigenvalue weighted by Crippen LogP contribution is -2.13. The lowest BCUT2D eigenvalue weighted by molar-refractivity contribution is -0.116. The van der Waals surface area contributed by atoms with Crippen molar-refractivity contribution < 1.29 is 14.3 Å². The van der Waals surface area contributed by atoms with E-state index in [1.54, 1.807) is 24.3 Å². The maximum absolute atomic E-state index is 11.5. The van der Waals surface area contributed by atoms with Gasteiger partial charge in [0.05, 0.1) is 6.61 Å². The SMILES string of the molecule is CC(=O)c1ccc(OCCCC(=O)Nc2ncn[nH]2)cc1. The van der Waals surface area contributed by atoms with Gasteiger partial charge in [-0.25, -0.2) is 5.10 Å². The van der Waals surface area contributed by atoms with E-state index in [9.17, 15) is 9.59 Å². The third-order valence-corrected chi connectivity index (χ3v) is 2.75. The van der Waals surface area contributed by atoms with Crippen LogP contribution in [0.15, 0.2) is 30.6 Å². The Labute approximate surface area is 121 Å². The van der Waals surface area contributed by atoms with Crippen molar-refractivity contribution in [1.82, 2.24) is 15.2 Å². The Morgan fingerprint density at radius 3 is 2.67 bits per heavy atom. The fourth-order valence-electron chi connectivity index (χ4n) is 1.67. The lowest BCUT2D eigenvalue weighted by Gasteiger charge is -2.06. The summed E-state index contributed by atoms with van der Waals surface area (Å²) in [6.07, 6.45) is 2.23. The van der Waals surface area contributed by atoms with E-state index in [0.717, 1.165) is 0 Å². The quantitative estimate of drug-likeness (QED) is 0.598. The van der Waals surface area contributed by atoms with Crippen molar-refractivity contribution in [2.75, 3.05) is 11.9 Å². The molecule has 0 atom stereocenters. The first-order valence-corrected chi connectivity index (χ1v) is 6.54. The summed E-state index contributed by atoms with van der Waals surface area (Å²) in [5, 5.41) is 8.76. The number of hydrogen-bond donors (Lipinski definition) is 2. The molecule has 1 heterocycles. The number of anilines is 1. The normalized spacial score (nSPS) is 10.1. The highest BCUT2D eigenvalue weighted by Crippen LogP contribution is 2.13. The summed E-state index contributed by atoms with van der Waals surface area (Å²) in [6, 6.07) is 6.92. The van der Waals surface area contributed by atoms with Crippen molar-refractivity contribution in [2.24, 2.45) is 0 Å². The zero-order valence-corrected chi connectivity index (χ0v) is 11.6. The van der Waals surface area contributed by atoms with Gasteiger partial charge in [-0.15, -0.1) is 0 Å². The minimum Gasteiger partial charge on any atom is -0.494 e. The molecule has 0 saturated carbocycles. The second kappa shape index (κ2) is 7.18. The monoisotopic (exact) mass is 288 g/mol. The van der Waals surface area contributed by atoms with E-state index in [1.165, 1.54) is 13.3 Å². The van der Waals surface area contributed by atoms with Gasteiger partial charge < -0.3 is 4.74 Å². The Hall–Kier alpha value is -2.70. The number of aromatic amines is 1. The van der Waals surface area contributed by atoms with Gasteiger partial charge in [-0.05, 0) is 37.6 Å². The molecule has 1 amide bonds. The van der Waals surface area contributed by atoms with Gasteiger partial charge in [0, 0.05) is 12.0 Å². The molecule has 0 aliphatic rings. The second-order valence-electron chi connectivity index (χ2n) is 4.41. The van der Waals surface area contributed by atoms with Crippen molar-refractivity contribution >= 4 is 17.6 Å². The first-order chi connectivity index (χ1) is 10.1. The molecule has 0 aliphatic heterocycles. The summed E-state index contributed by atoms with van der Waals surface area (Å²) in [7, 11) is 0. The van der Waals surface area contributed by atoms with Crippen molar-refractivity contribution in [1.29, 1.82) is 0 Å². The smallest absolute Gasteiger partial charge is 0.226 e. The van der Waals surface area contributed by atoms with Crippen molar-refractivity contribution in [2.45, 2.75) is 19.8 Å². The minimum absolute atomic E-state index is 0.0191. The van der Waals surface area contributed by atoms with Crippen LogP contribution in [-0.4, -0.2) is 33.5 Å². The average Bonchev–Trinajstić information content (AvgIpc) is 2.97. The Bertz CT molecular complexity index is 593. The van der Waals surface area contributed by atoms with Crippen LogP contribution in [0.4, 0.5) is 5.95 Å². The Balaban J connectivity index is 1.67. The van der Waals surface area contributed by atoms with Gasteiger partial charge in [-0.1, -0.05) is 0 Å². The number of hydrogen-bond acceptors (Lipinski definition) is 5. The van der Waals surface area contributed by atoms with Crippen molar-refractivity contribution in [3.8, 4) is 5.75 Å². The van der Waals surface area contributed by atoms with Crippen LogP contribution in [-0.2, 0) is 4.79 Å². The summed E-state index contributed by atoms with van der Waals surface area (Å²) >= 11 is 0. The fourth-order valence-corrected chi connectivity index (χ4v) is 1.67. The molecule has 0 aliphatic carbocycles. The van der Waals surface area contributed by atoms with Crippen molar-refractivity contribution in [3.05, 3.63) is 36.2 Å². The number of H-pyrrole nitrogens is 1. The molecule has 7 nitrogen and oxygen atoms in total. The maximum Gasteiger partial charge on any atom is 0.226 e. The number of Topliss-reactive ketones (excluding diaryl/α,β-unsaturated/α-hetero) is 1. The largest absolute Gasteiger partial charge is 0.494 e. The van der Waals surface area contributed by atoms with Crippen LogP contribution in [0.3, 0.4) is 0 Å². The average molecular weight is 288 g/mol. The van der Waals surface area contributed by atoms with Crippen LogP contribution in [0, 0.1) is 0 Å². The molecule has 2 rings (SSSR count). The topological polar surface area (TPSA) is 97.0 Å². The number of nitrogens with one attached hydrogen (secondary N) is 2. The van der Waals surface area contributed by atoms with Gasteiger partial charge in [-0.2, -0.15) is 10.1 Å². The Morgan fingerprint density at radius 2 is 2.05 bits per heavy atom. The predicted molar refractivity (Wildman–Crippen MR) is 76.2 cm³/mol. The standard InChI is InChI=1S/C14H16N4O3/c1-10(19)11-4-6-12(7-5-11)21-8-2-3-13(20)17-14-15-9-16-18-14/h4-7,9H,2-3,8H2,1H3,(H2,15,16,17,18,20). The third-order valence-electron chi connectivity index (χ3n) is 2.75. The molecule has 0 spiro atoms. The van der Waals surface area contributed by atoms with Crippen LogP contribution >= 0.6 is 0 Å². The molecule has 1 aromatic carbocycles. The minimum atomic E-state index is -0.151. The van der Waals surface area contributed by atoms with E-state index in [1.807, 2.05) is 0 Å². The molecule has 0 radical (unpaired) electrons. The molecule has 2 N–H and O–H groups in total. The number of nitrogens with zero attached hydrogens (tertiary/aromatic N) is 2. The molecular weight excluding hydrogens is 272 g/mol. The number of carbonyl (C=O) groups is 2. The first kappa shape index (κ1) is 14.7. The molecular formula is C14H16N4O3. The number of rotatable bonds is 7. The molecule has 2 aromatic rings. The molecule has 0 saturated heterocycles. The van der Waals surface area contributed by atoms with E-state index in [-0.39, 0.29) is 11.7 Å². The zero-order valence-electron chi connectivity index (χ0n) is 11.6. The summed E-state index contributed by atoms with van der Waals surface area (Å²) < 4.78 is 5.50. The first-order valence-electron chi connectivity index (χ1n) is 6.54. The summed E-state index contributed by atoms with van der Waals surface area (Å²) in [4.78, 5) is 26.5. The summed E-state index contributed by atoms with van der Waals surface area (Å²) in [5.74, 6) is 0.879. The summed E-state index contributed by atoms with van der Waals surface area (Å²) in [6.45, 7) is 1.94. The number of amides is 1. The van der Waals surface area contributed by atoms with Gasteiger partial charge in [0.1, 0.15) is 12.1 Å². The van der Waals surface area contributed by atoms with E-state index >= 15 is 0 Å². The molecule has 0 bridgehead atoms. The number of ether oxygens (including phenoxy) is 1. The molecule has 21 heavy (non-hydrogen) atoms. The van der Waals surface area contributed by atoms with Gasteiger partial charge in [-0.3, -0.25) is 14.9 Å². The number of ketones is 1.